The highest BCUT2D eigenvalue weighted by Gasteiger charge is 2.53. The summed E-state index contributed by atoms with van der Waals surface area (Å²) in [6.07, 6.45) is 8.38. The third-order valence-electron chi connectivity index (χ3n) is 9.34. The number of benzene rings is 1. The van der Waals surface area contributed by atoms with Crippen LogP contribution in [0.4, 0.5) is 10.5 Å². The molecule has 11 nitrogen and oxygen atoms in total. The standard InChI is InChI=1S/C31H43N7O4/c1-19(2)24-18-38(30(42)35-24)31(29(41)32-3)16-21-11-12-23(15-22(21)17-31)34-28(40)26(20-9-7-5-6-8-10-20)36-27(39)25-13-14-33-37(25)4/h11-15,19-20,24,26H,5-10,16-18H2,1-4H3,(H,32,41)(H,34,40)(H,35,42)(H,36,39). The van der Waals surface area contributed by atoms with Crippen molar-refractivity contribution < 1.29 is 19.2 Å². The van der Waals surface area contributed by atoms with Crippen LogP contribution in [0.25, 0.3) is 0 Å². The first-order valence-corrected chi connectivity index (χ1v) is 15.1. The highest BCUT2D eigenvalue weighted by molar-refractivity contribution is 6.01. The molecular weight excluding hydrogens is 534 g/mol. The van der Waals surface area contributed by atoms with Crippen LogP contribution in [0.3, 0.4) is 0 Å². The molecule has 2 fully saturated rings. The van der Waals surface area contributed by atoms with Crippen molar-refractivity contribution in [2.24, 2.45) is 18.9 Å². The highest BCUT2D eigenvalue weighted by Crippen LogP contribution is 2.38. The van der Waals surface area contributed by atoms with Crippen molar-refractivity contribution in [3.05, 3.63) is 47.3 Å². The van der Waals surface area contributed by atoms with Crippen molar-refractivity contribution in [3.8, 4) is 0 Å². The SMILES string of the molecule is CNC(=O)C1(N2CC(C(C)C)NC2=O)Cc2ccc(NC(=O)C(NC(=O)c3ccnn3C)C3CCCCCC3)cc2C1. The van der Waals surface area contributed by atoms with Gasteiger partial charge in [-0.1, -0.05) is 45.6 Å². The molecule has 0 radical (unpaired) electrons. The first-order valence-electron chi connectivity index (χ1n) is 15.1. The molecule has 1 saturated heterocycles. The Morgan fingerprint density at radius 1 is 1.05 bits per heavy atom. The second kappa shape index (κ2) is 12.1. The van der Waals surface area contributed by atoms with Gasteiger partial charge in [-0.05, 0) is 54.0 Å². The van der Waals surface area contributed by atoms with Crippen molar-refractivity contribution in [3.63, 3.8) is 0 Å². The van der Waals surface area contributed by atoms with Gasteiger partial charge in [0.05, 0.1) is 6.04 Å². The number of hydrogen-bond acceptors (Lipinski definition) is 5. The number of carbonyl (C=O) groups is 4. The van der Waals surface area contributed by atoms with E-state index in [1.807, 2.05) is 18.2 Å². The molecule has 2 aliphatic carbocycles. The number of anilines is 1. The smallest absolute Gasteiger partial charge is 0.318 e. The molecule has 1 saturated carbocycles. The molecule has 2 aromatic rings. The van der Waals surface area contributed by atoms with Crippen LogP contribution in [0, 0.1) is 11.8 Å². The Hall–Kier alpha value is -3.89. The monoisotopic (exact) mass is 577 g/mol. The van der Waals surface area contributed by atoms with Gasteiger partial charge in [0, 0.05) is 45.4 Å². The Morgan fingerprint density at radius 3 is 2.38 bits per heavy atom. The molecule has 4 N–H and O–H groups in total. The van der Waals surface area contributed by atoms with Crippen LogP contribution in [-0.2, 0) is 29.5 Å². The molecule has 0 bridgehead atoms. The lowest BCUT2D eigenvalue weighted by molar-refractivity contribution is -0.130. The van der Waals surface area contributed by atoms with Crippen LogP contribution >= 0.6 is 0 Å². The number of nitrogens with zero attached hydrogens (tertiary/aromatic N) is 3. The summed E-state index contributed by atoms with van der Waals surface area (Å²) < 4.78 is 1.50. The van der Waals surface area contributed by atoms with Crippen LogP contribution in [0.15, 0.2) is 30.5 Å². The number of aryl methyl sites for hydroxylation is 1. The maximum absolute atomic E-state index is 13.8. The Bertz CT molecular complexity index is 1350. The van der Waals surface area contributed by atoms with Gasteiger partial charge in [-0.3, -0.25) is 19.1 Å². The molecular formula is C31H43N7O4. The second-order valence-corrected chi connectivity index (χ2v) is 12.4. The van der Waals surface area contributed by atoms with Crippen molar-refractivity contribution in [2.45, 2.75) is 82.8 Å². The van der Waals surface area contributed by atoms with E-state index < -0.39 is 11.6 Å². The minimum Gasteiger partial charge on any atom is -0.357 e. The third-order valence-corrected chi connectivity index (χ3v) is 9.34. The predicted octanol–water partition coefficient (Wildman–Crippen LogP) is 2.76. The van der Waals surface area contributed by atoms with E-state index in [2.05, 4.69) is 40.2 Å². The lowest BCUT2D eigenvalue weighted by Crippen LogP contribution is -2.60. The number of fused-ring (bicyclic) bond motifs is 1. The van der Waals surface area contributed by atoms with Gasteiger partial charge in [0.2, 0.25) is 11.8 Å². The lowest BCUT2D eigenvalue weighted by atomic mass is 9.91. The quantitative estimate of drug-likeness (QED) is 0.358. The predicted molar refractivity (Wildman–Crippen MR) is 159 cm³/mol. The van der Waals surface area contributed by atoms with Crippen LogP contribution in [-0.4, -0.2) is 69.6 Å². The summed E-state index contributed by atoms with van der Waals surface area (Å²) in [7, 11) is 3.30. The topological polar surface area (TPSA) is 137 Å². The van der Waals surface area contributed by atoms with Crippen molar-refractivity contribution in [1.29, 1.82) is 0 Å². The van der Waals surface area contributed by atoms with E-state index in [9.17, 15) is 19.2 Å². The number of amides is 5. The number of likely N-dealkylation sites (N-methyl/N-ethyl adjacent to an activating group) is 1. The summed E-state index contributed by atoms with van der Waals surface area (Å²) in [5.41, 5.74) is 1.86. The summed E-state index contributed by atoms with van der Waals surface area (Å²) >= 11 is 0. The van der Waals surface area contributed by atoms with Gasteiger partial charge < -0.3 is 26.2 Å². The molecule has 226 valence electrons. The number of rotatable bonds is 8. The summed E-state index contributed by atoms with van der Waals surface area (Å²) in [4.78, 5) is 55.0. The first kappa shape index (κ1) is 29.6. The average molecular weight is 578 g/mol. The number of aromatic nitrogens is 2. The first-order chi connectivity index (χ1) is 20.1. The van der Waals surface area contributed by atoms with E-state index in [0.717, 1.165) is 49.7 Å². The van der Waals surface area contributed by atoms with Gasteiger partial charge in [-0.15, -0.1) is 0 Å². The minimum absolute atomic E-state index is 0.0277. The van der Waals surface area contributed by atoms with Gasteiger partial charge in [0.25, 0.3) is 5.91 Å². The summed E-state index contributed by atoms with van der Waals surface area (Å²) in [6, 6.07) is 6.36. The number of hydrogen-bond donors (Lipinski definition) is 4. The zero-order valence-electron chi connectivity index (χ0n) is 25.0. The van der Waals surface area contributed by atoms with Crippen molar-refractivity contribution in [2.75, 3.05) is 18.9 Å². The van der Waals surface area contributed by atoms with Gasteiger partial charge in [0.1, 0.15) is 17.3 Å². The Labute approximate surface area is 247 Å². The Balaban J connectivity index is 1.36. The lowest BCUT2D eigenvalue weighted by Gasteiger charge is -2.36. The Morgan fingerprint density at radius 2 is 1.76 bits per heavy atom. The molecule has 11 heteroatoms. The van der Waals surface area contributed by atoms with E-state index in [1.165, 1.54) is 4.68 Å². The molecule has 5 rings (SSSR count). The Kier molecular flexibility index (Phi) is 8.56. The number of urea groups is 1. The molecule has 0 spiro atoms. The normalized spacial score (nSPS) is 23.2. The molecule has 3 unspecified atom stereocenters. The fourth-order valence-electron chi connectivity index (χ4n) is 6.82. The van der Waals surface area contributed by atoms with Gasteiger partial charge in [-0.2, -0.15) is 5.10 Å². The van der Waals surface area contributed by atoms with E-state index in [1.54, 1.807) is 31.3 Å². The zero-order chi connectivity index (χ0) is 30.0. The van der Waals surface area contributed by atoms with Crippen molar-refractivity contribution >= 4 is 29.4 Å². The van der Waals surface area contributed by atoms with Gasteiger partial charge in [0.15, 0.2) is 0 Å². The summed E-state index contributed by atoms with van der Waals surface area (Å²) in [6.45, 7) is 4.57. The fraction of sp³-hybridized carbons (Fsp3) is 0.581. The van der Waals surface area contributed by atoms with Crippen LogP contribution in [0.1, 0.15) is 74.0 Å². The molecule has 2 heterocycles. The molecule has 1 aliphatic heterocycles. The molecule has 3 aliphatic rings. The maximum Gasteiger partial charge on any atom is 0.318 e. The molecule has 3 atom stereocenters. The zero-order valence-corrected chi connectivity index (χ0v) is 25.0. The van der Waals surface area contributed by atoms with Crippen LogP contribution < -0.4 is 21.3 Å². The van der Waals surface area contributed by atoms with Gasteiger partial charge >= 0.3 is 6.03 Å². The van der Waals surface area contributed by atoms with Crippen LogP contribution in [0.5, 0.6) is 0 Å². The van der Waals surface area contributed by atoms with E-state index in [-0.39, 0.29) is 41.6 Å². The van der Waals surface area contributed by atoms with Crippen LogP contribution in [0.2, 0.25) is 0 Å². The minimum atomic E-state index is -1.03. The molecule has 1 aromatic carbocycles. The van der Waals surface area contributed by atoms with Gasteiger partial charge in [-0.25, -0.2) is 4.79 Å². The fourth-order valence-corrected chi connectivity index (χ4v) is 6.82. The number of carbonyl (C=O) groups excluding carboxylic acids is 4. The summed E-state index contributed by atoms with van der Waals surface area (Å²) in [5, 5.41) is 16.0. The van der Waals surface area contributed by atoms with E-state index >= 15 is 0 Å². The summed E-state index contributed by atoms with van der Waals surface area (Å²) in [5.74, 6) is -0.511. The second-order valence-electron chi connectivity index (χ2n) is 12.4. The number of nitrogens with one attached hydrogen (secondary N) is 4. The van der Waals surface area contributed by atoms with E-state index in [4.69, 9.17) is 0 Å². The van der Waals surface area contributed by atoms with Crippen molar-refractivity contribution in [1.82, 2.24) is 30.6 Å². The molecule has 42 heavy (non-hydrogen) atoms. The van der Waals surface area contributed by atoms with E-state index in [0.29, 0.717) is 30.8 Å². The molecule has 1 aromatic heterocycles. The average Bonchev–Trinajstić information content (AvgIpc) is 3.62. The third kappa shape index (κ3) is 5.73. The largest absolute Gasteiger partial charge is 0.357 e. The molecule has 5 amide bonds. The highest BCUT2D eigenvalue weighted by atomic mass is 16.2. The maximum atomic E-state index is 13.8.